The molecule has 22 heavy (non-hydrogen) atoms. The first kappa shape index (κ1) is 27.6. The molecule has 0 aliphatic heterocycles. The Morgan fingerprint density at radius 2 is 1.14 bits per heavy atom. The van der Waals surface area contributed by atoms with E-state index in [2.05, 4.69) is 31.4 Å². The summed E-state index contributed by atoms with van der Waals surface area (Å²) in [6.07, 6.45) is 0.907. The van der Waals surface area contributed by atoms with Gasteiger partial charge in [0.15, 0.2) is 0 Å². The third kappa shape index (κ3) is 9.18. The van der Waals surface area contributed by atoms with Crippen LogP contribution in [0.15, 0.2) is 48.5 Å². The van der Waals surface area contributed by atoms with Crippen LogP contribution in [0.3, 0.4) is 0 Å². The number of benzene rings is 2. The van der Waals surface area contributed by atoms with Gasteiger partial charge in [0.05, 0.1) is 12.4 Å². The van der Waals surface area contributed by atoms with Crippen molar-refractivity contribution >= 4 is 0 Å². The van der Waals surface area contributed by atoms with Crippen molar-refractivity contribution in [1.29, 1.82) is 0 Å². The second-order valence-corrected chi connectivity index (χ2v) is 4.04. The summed E-state index contributed by atoms with van der Waals surface area (Å²) in [5, 5.41) is 0. The molecule has 2 rings (SSSR count). The molecule has 0 aromatic heterocycles. The van der Waals surface area contributed by atoms with E-state index in [0.717, 1.165) is 17.9 Å². The van der Waals surface area contributed by atoms with Gasteiger partial charge in [-0.15, -0.1) is 0 Å². The summed E-state index contributed by atoms with van der Waals surface area (Å²) in [6.45, 7) is 2.69. The van der Waals surface area contributed by atoms with Crippen LogP contribution in [0.25, 0.3) is 0 Å². The van der Waals surface area contributed by atoms with Crippen LogP contribution in [0.5, 0.6) is 11.5 Å². The molecule has 0 bridgehead atoms. The predicted molar refractivity (Wildman–Crippen MR) is 72.8 cm³/mol. The maximum Gasteiger partial charge on any atom is 0.119 e. The second-order valence-electron chi connectivity index (χ2n) is 4.04. The Morgan fingerprint density at radius 1 is 0.727 bits per heavy atom. The van der Waals surface area contributed by atoms with E-state index in [1.54, 1.807) is 0 Å². The monoisotopic (exact) mass is 977 g/mol. The first-order valence-electron chi connectivity index (χ1n) is 6.04. The average molecular weight is 977 g/mol. The fourth-order valence-corrected chi connectivity index (χ4v) is 1.81. The molecular formula is C16H17O2W4-. The smallest absolute Gasteiger partial charge is 0.119 e. The van der Waals surface area contributed by atoms with E-state index in [1.165, 1.54) is 11.1 Å². The summed E-state index contributed by atoms with van der Waals surface area (Å²) >= 11 is 0. The van der Waals surface area contributed by atoms with Crippen LogP contribution in [0, 0.1) is 7.11 Å². The van der Waals surface area contributed by atoms with Crippen LogP contribution in [0.1, 0.15) is 18.1 Å². The third-order valence-electron chi connectivity index (χ3n) is 2.73. The van der Waals surface area contributed by atoms with E-state index in [0.29, 0.717) is 6.61 Å². The van der Waals surface area contributed by atoms with Crippen molar-refractivity contribution in [1.82, 2.24) is 0 Å². The van der Waals surface area contributed by atoms with Gasteiger partial charge in [-0.25, -0.2) is 0 Å². The van der Waals surface area contributed by atoms with Crippen molar-refractivity contribution < 1.29 is 93.7 Å². The molecule has 0 aliphatic carbocycles. The maximum absolute atomic E-state index is 5.42. The van der Waals surface area contributed by atoms with Crippen LogP contribution >= 0.6 is 0 Å². The molecule has 0 fully saturated rings. The van der Waals surface area contributed by atoms with Gasteiger partial charge in [-0.1, -0.05) is 24.3 Å². The number of rotatable bonds is 5. The van der Waals surface area contributed by atoms with E-state index in [-0.39, 0.29) is 84.3 Å². The van der Waals surface area contributed by atoms with Gasteiger partial charge in [-0.2, -0.15) is 7.11 Å². The van der Waals surface area contributed by atoms with E-state index in [4.69, 9.17) is 9.47 Å². The Bertz CT molecular complexity index is 487. The van der Waals surface area contributed by atoms with E-state index < -0.39 is 0 Å². The predicted octanol–water partition coefficient (Wildman–Crippen LogP) is 3.84. The summed E-state index contributed by atoms with van der Waals surface area (Å²) in [4.78, 5) is 0. The van der Waals surface area contributed by atoms with Gasteiger partial charge < -0.3 is 9.47 Å². The zero-order valence-electron chi connectivity index (χ0n) is 12.2. The second kappa shape index (κ2) is 15.3. The van der Waals surface area contributed by atoms with Gasteiger partial charge in [0, 0.05) is 84.3 Å². The molecule has 0 N–H and O–H groups in total. The van der Waals surface area contributed by atoms with Gasteiger partial charge in [0.2, 0.25) is 0 Å². The minimum Gasteiger partial charge on any atom is -0.665 e. The molecule has 2 aromatic rings. The van der Waals surface area contributed by atoms with Crippen molar-refractivity contribution in [3.63, 3.8) is 0 Å². The minimum atomic E-state index is 0. The summed E-state index contributed by atoms with van der Waals surface area (Å²) in [7, 11) is 3.38. The summed E-state index contributed by atoms with van der Waals surface area (Å²) < 4.78 is 10.3. The summed E-state index contributed by atoms with van der Waals surface area (Å²) in [5.41, 5.74) is 2.52. The molecule has 0 saturated carbocycles. The fraction of sp³-hybridized carbons (Fsp3) is 0.188. The van der Waals surface area contributed by atoms with Gasteiger partial charge in [-0.05, 0) is 48.7 Å². The van der Waals surface area contributed by atoms with Crippen molar-refractivity contribution in [2.24, 2.45) is 0 Å². The van der Waals surface area contributed by atoms with E-state index in [9.17, 15) is 0 Å². The molecule has 6 heteroatoms. The van der Waals surface area contributed by atoms with Crippen LogP contribution in [-0.4, -0.2) is 6.61 Å². The van der Waals surface area contributed by atoms with Gasteiger partial charge >= 0.3 is 0 Å². The van der Waals surface area contributed by atoms with Gasteiger partial charge in [-0.3, -0.25) is 0 Å². The standard InChI is InChI=1S/C16H17O2.4W/c1-3-18-16-10-6-14(7-11-16)12-13-4-8-15(17-2)9-5-13;;;;/h4-11H,2-3,12H2,1H3;;;;/q-1;;;;. The molecular weight excluding hydrogens is 960 g/mol. The molecule has 0 aliphatic rings. The van der Waals surface area contributed by atoms with Crippen LogP contribution in [0.4, 0.5) is 0 Å². The summed E-state index contributed by atoms with van der Waals surface area (Å²) in [6, 6.07) is 16.2. The van der Waals surface area contributed by atoms with E-state index >= 15 is 0 Å². The molecule has 2 nitrogen and oxygen atoms in total. The molecule has 0 unspecified atom stereocenters. The van der Waals surface area contributed by atoms with Crippen LogP contribution in [-0.2, 0) is 90.7 Å². The Balaban J connectivity index is -0.000000902. The maximum atomic E-state index is 5.42. The van der Waals surface area contributed by atoms with Crippen molar-refractivity contribution in [3.05, 3.63) is 66.8 Å². The van der Waals surface area contributed by atoms with Crippen molar-refractivity contribution in [2.75, 3.05) is 6.61 Å². The van der Waals surface area contributed by atoms with Gasteiger partial charge in [0.1, 0.15) is 5.75 Å². The number of ether oxygens (including phenoxy) is 2. The summed E-state index contributed by atoms with van der Waals surface area (Å²) in [5.74, 6) is 1.70. The minimum absolute atomic E-state index is 0. The first-order valence-corrected chi connectivity index (χ1v) is 6.04. The van der Waals surface area contributed by atoms with Gasteiger partial charge in [0.25, 0.3) is 0 Å². The molecule has 2 aromatic carbocycles. The Hall–Kier alpha value is 0.793. The zero-order chi connectivity index (χ0) is 12.8. The Kier molecular flexibility index (Phi) is 19.3. The molecule has 0 saturated heterocycles. The quantitative estimate of drug-likeness (QED) is 0.425. The fourth-order valence-electron chi connectivity index (χ4n) is 1.81. The molecule has 0 radical (unpaired) electrons. The molecule has 0 atom stereocenters. The third-order valence-corrected chi connectivity index (χ3v) is 2.73. The molecule has 0 amide bonds. The van der Waals surface area contributed by atoms with E-state index in [1.807, 2.05) is 31.2 Å². The SMILES string of the molecule is [CH2-]Oc1ccc(Cc2ccc(OCC)cc2)cc1.[W].[W].[W].[W]. The number of hydrogen-bond acceptors (Lipinski definition) is 2. The zero-order valence-corrected chi connectivity index (χ0v) is 23.9. The molecule has 0 spiro atoms. The van der Waals surface area contributed by atoms with Crippen LogP contribution < -0.4 is 9.47 Å². The molecule has 0 heterocycles. The van der Waals surface area contributed by atoms with Crippen molar-refractivity contribution in [3.8, 4) is 11.5 Å². The average Bonchev–Trinajstić information content (AvgIpc) is 2.42. The van der Waals surface area contributed by atoms with Crippen molar-refractivity contribution in [2.45, 2.75) is 13.3 Å². The normalized spacial score (nSPS) is 8.27. The largest absolute Gasteiger partial charge is 0.665 e. The Labute approximate surface area is 190 Å². The molecule has 118 valence electrons. The Morgan fingerprint density at radius 3 is 1.50 bits per heavy atom. The number of hydrogen-bond donors (Lipinski definition) is 0. The topological polar surface area (TPSA) is 18.5 Å². The first-order chi connectivity index (χ1) is 8.81. The van der Waals surface area contributed by atoms with Crippen LogP contribution in [0.2, 0.25) is 0 Å².